The van der Waals surface area contributed by atoms with Crippen molar-refractivity contribution in [2.24, 2.45) is 0 Å². The lowest BCUT2D eigenvalue weighted by molar-refractivity contribution is -0.0505. The van der Waals surface area contributed by atoms with Gasteiger partial charge in [-0.2, -0.15) is 0 Å². The van der Waals surface area contributed by atoms with E-state index in [-0.39, 0.29) is 13.0 Å². The fraction of sp³-hybridized carbons (Fsp3) is 1.00. The van der Waals surface area contributed by atoms with Crippen molar-refractivity contribution in [3.8, 4) is 0 Å². The minimum Gasteiger partial charge on any atom is -0.391 e. The van der Waals surface area contributed by atoms with Crippen LogP contribution < -0.4 is 0 Å². The van der Waals surface area contributed by atoms with Crippen LogP contribution in [0, 0.1) is 0 Å². The van der Waals surface area contributed by atoms with Crippen LogP contribution in [-0.4, -0.2) is 63.2 Å². The van der Waals surface area contributed by atoms with Crippen molar-refractivity contribution in [3.63, 3.8) is 0 Å². The van der Waals surface area contributed by atoms with Crippen LogP contribution in [0.1, 0.15) is 77.6 Å². The highest BCUT2D eigenvalue weighted by Crippen LogP contribution is 2.35. The lowest BCUT2D eigenvalue weighted by Gasteiger charge is -2.20. The van der Waals surface area contributed by atoms with Gasteiger partial charge in [-0.1, -0.05) is 64.7 Å². The van der Waals surface area contributed by atoms with Gasteiger partial charge >= 0.3 is 7.82 Å². The molecule has 5 N–H and O–H groups in total. The number of phosphoric ester groups is 1. The first-order chi connectivity index (χ1) is 12.8. The summed E-state index contributed by atoms with van der Waals surface area (Å²) in [5.41, 5.74) is 0. The van der Waals surface area contributed by atoms with Gasteiger partial charge in [0.1, 0.15) is 6.10 Å². The molecule has 9 heteroatoms. The molecule has 0 fully saturated rings. The molecule has 0 heterocycles. The Morgan fingerprint density at radius 2 is 1.30 bits per heavy atom. The molecular formula is C18H39O8P. The summed E-state index contributed by atoms with van der Waals surface area (Å²) < 4.78 is 20.0. The number of unbranched alkanes of at least 4 members (excludes halogenated alkanes) is 9. The Labute approximate surface area is 163 Å². The monoisotopic (exact) mass is 414 g/mol. The summed E-state index contributed by atoms with van der Waals surface area (Å²) in [6, 6.07) is 0. The Morgan fingerprint density at radius 1 is 0.778 bits per heavy atom. The number of ether oxygens (including phenoxy) is 1. The van der Waals surface area contributed by atoms with E-state index in [0.29, 0.717) is 6.61 Å². The van der Waals surface area contributed by atoms with Gasteiger partial charge in [-0.15, -0.1) is 0 Å². The number of aliphatic hydroxyl groups excluding tert-OH is 3. The van der Waals surface area contributed by atoms with Crippen molar-refractivity contribution in [3.05, 3.63) is 0 Å². The summed E-state index contributed by atoms with van der Waals surface area (Å²) in [5, 5.41) is 29.0. The van der Waals surface area contributed by atoms with E-state index >= 15 is 0 Å². The molecule has 3 atom stereocenters. The molecule has 0 saturated heterocycles. The van der Waals surface area contributed by atoms with Crippen molar-refractivity contribution in [1.82, 2.24) is 0 Å². The minimum absolute atomic E-state index is 0.0422. The summed E-state index contributed by atoms with van der Waals surface area (Å²) in [6.45, 7) is 2.09. The van der Waals surface area contributed by atoms with Crippen LogP contribution in [0.2, 0.25) is 0 Å². The Bertz CT molecular complexity index is 376. The third-order valence-corrected chi connectivity index (χ3v) is 4.81. The fourth-order valence-corrected chi connectivity index (χ4v) is 3.05. The van der Waals surface area contributed by atoms with Gasteiger partial charge in [0, 0.05) is 13.0 Å². The Morgan fingerprint density at radius 3 is 1.81 bits per heavy atom. The van der Waals surface area contributed by atoms with Crippen LogP contribution in [0.5, 0.6) is 0 Å². The average Bonchev–Trinajstić information content (AvgIpc) is 2.59. The van der Waals surface area contributed by atoms with Crippen molar-refractivity contribution in [2.45, 2.75) is 95.9 Å². The third-order valence-electron chi connectivity index (χ3n) is 4.32. The molecule has 0 aliphatic carbocycles. The topological polar surface area (TPSA) is 137 Å². The standard InChI is InChI=1S/C18H39O8P/c1-2-3-4-5-6-7-8-9-10-11-12-25-14-16(19)13-17(20)18(21)15-26-27(22,23)24/h16-21H,2-15H2,1H3,(H2,22,23,24). The second-order valence-electron chi connectivity index (χ2n) is 7.07. The molecule has 0 radical (unpaired) electrons. The Hall–Kier alpha value is -0.0500. The second kappa shape index (κ2) is 16.9. The van der Waals surface area contributed by atoms with E-state index in [1.54, 1.807) is 0 Å². The van der Waals surface area contributed by atoms with E-state index < -0.39 is 32.7 Å². The van der Waals surface area contributed by atoms with Crippen LogP contribution in [-0.2, 0) is 13.8 Å². The molecular weight excluding hydrogens is 375 g/mol. The van der Waals surface area contributed by atoms with Gasteiger partial charge in [0.05, 0.1) is 25.4 Å². The Kier molecular flexibility index (Phi) is 16.8. The molecule has 0 aromatic rings. The van der Waals surface area contributed by atoms with Crippen LogP contribution in [0.25, 0.3) is 0 Å². The molecule has 27 heavy (non-hydrogen) atoms. The summed E-state index contributed by atoms with van der Waals surface area (Å²) >= 11 is 0. The predicted octanol–water partition coefficient (Wildman–Crippen LogP) is 2.51. The summed E-state index contributed by atoms with van der Waals surface area (Å²) in [4.78, 5) is 17.1. The van der Waals surface area contributed by atoms with Gasteiger partial charge in [0.2, 0.25) is 0 Å². The first-order valence-corrected chi connectivity index (χ1v) is 11.6. The molecule has 0 rings (SSSR count). The fourth-order valence-electron chi connectivity index (χ4n) is 2.70. The number of hydrogen-bond acceptors (Lipinski definition) is 6. The summed E-state index contributed by atoms with van der Waals surface area (Å²) in [7, 11) is -4.69. The highest BCUT2D eigenvalue weighted by atomic mass is 31.2. The van der Waals surface area contributed by atoms with Gasteiger partial charge in [-0.25, -0.2) is 4.57 Å². The minimum atomic E-state index is -4.69. The van der Waals surface area contributed by atoms with Crippen LogP contribution >= 0.6 is 7.82 Å². The molecule has 0 aliphatic rings. The van der Waals surface area contributed by atoms with Gasteiger partial charge in [0.25, 0.3) is 0 Å². The molecule has 0 aromatic heterocycles. The molecule has 8 nitrogen and oxygen atoms in total. The average molecular weight is 414 g/mol. The molecule has 0 aliphatic heterocycles. The quantitative estimate of drug-likeness (QED) is 0.161. The first kappa shape index (κ1) is 27.0. The van der Waals surface area contributed by atoms with E-state index in [1.165, 1.54) is 51.4 Å². The van der Waals surface area contributed by atoms with Gasteiger partial charge < -0.3 is 29.8 Å². The van der Waals surface area contributed by atoms with Crippen molar-refractivity contribution < 1.29 is 38.9 Å². The number of rotatable bonds is 19. The SMILES string of the molecule is CCCCCCCCCCCCOCC(O)CC(O)C(O)COP(=O)(O)O. The maximum Gasteiger partial charge on any atom is 0.469 e. The Balaban J connectivity index is 3.50. The van der Waals surface area contributed by atoms with Crippen LogP contribution in [0.4, 0.5) is 0 Å². The van der Waals surface area contributed by atoms with Crippen molar-refractivity contribution >= 4 is 7.82 Å². The zero-order valence-electron chi connectivity index (χ0n) is 16.5. The van der Waals surface area contributed by atoms with Gasteiger partial charge in [0.15, 0.2) is 0 Å². The zero-order chi connectivity index (χ0) is 20.5. The van der Waals surface area contributed by atoms with Gasteiger partial charge in [-0.05, 0) is 6.42 Å². The lowest BCUT2D eigenvalue weighted by atomic mass is 10.1. The molecule has 0 bridgehead atoms. The molecule has 0 spiro atoms. The second-order valence-corrected chi connectivity index (χ2v) is 8.31. The van der Waals surface area contributed by atoms with Crippen LogP contribution in [0.3, 0.4) is 0 Å². The molecule has 0 amide bonds. The number of phosphoric acid groups is 1. The molecule has 3 unspecified atom stereocenters. The van der Waals surface area contributed by atoms with E-state index in [2.05, 4.69) is 11.4 Å². The van der Waals surface area contributed by atoms with E-state index in [1.807, 2.05) is 0 Å². The molecule has 0 saturated carbocycles. The number of aliphatic hydroxyl groups is 3. The largest absolute Gasteiger partial charge is 0.469 e. The predicted molar refractivity (Wildman–Crippen MR) is 103 cm³/mol. The van der Waals surface area contributed by atoms with E-state index in [0.717, 1.165) is 12.8 Å². The van der Waals surface area contributed by atoms with Gasteiger partial charge in [-0.3, -0.25) is 4.52 Å². The van der Waals surface area contributed by atoms with E-state index in [4.69, 9.17) is 14.5 Å². The lowest BCUT2D eigenvalue weighted by Crippen LogP contribution is -2.34. The maximum atomic E-state index is 10.5. The summed E-state index contributed by atoms with van der Waals surface area (Å²) in [6.07, 6.45) is 8.36. The zero-order valence-corrected chi connectivity index (χ0v) is 17.4. The van der Waals surface area contributed by atoms with Crippen molar-refractivity contribution in [1.29, 1.82) is 0 Å². The number of hydrogen-bond donors (Lipinski definition) is 5. The molecule has 0 aromatic carbocycles. The van der Waals surface area contributed by atoms with E-state index in [9.17, 15) is 19.9 Å². The normalized spacial score (nSPS) is 15.6. The van der Waals surface area contributed by atoms with Crippen molar-refractivity contribution in [2.75, 3.05) is 19.8 Å². The summed E-state index contributed by atoms with van der Waals surface area (Å²) in [5.74, 6) is 0. The first-order valence-electron chi connectivity index (χ1n) is 10.1. The smallest absolute Gasteiger partial charge is 0.391 e. The highest BCUT2D eigenvalue weighted by molar-refractivity contribution is 7.46. The van der Waals surface area contributed by atoms with Crippen LogP contribution in [0.15, 0.2) is 0 Å². The molecule has 164 valence electrons. The maximum absolute atomic E-state index is 10.5. The third kappa shape index (κ3) is 19.1. The highest BCUT2D eigenvalue weighted by Gasteiger charge is 2.24.